The van der Waals surface area contributed by atoms with Gasteiger partial charge in [-0.05, 0) is 115 Å². The molecule has 0 fully saturated rings. The number of carbonyl (C=O) groups is 2. The van der Waals surface area contributed by atoms with Crippen molar-refractivity contribution in [2.75, 3.05) is 18.0 Å². The molecule has 3 aromatic rings. The lowest BCUT2D eigenvalue weighted by Gasteiger charge is -2.28. The van der Waals surface area contributed by atoms with Gasteiger partial charge in [0.15, 0.2) is 12.3 Å². The number of hydrogen-bond acceptors (Lipinski definition) is 3. The third-order valence-electron chi connectivity index (χ3n) is 12.0. The van der Waals surface area contributed by atoms with E-state index in [0.717, 1.165) is 48.5 Å². The van der Waals surface area contributed by atoms with Crippen LogP contribution in [0.2, 0.25) is 0 Å². The maximum absolute atomic E-state index is 11.8. The highest BCUT2D eigenvalue weighted by Crippen LogP contribution is 2.52. The molecule has 0 spiro atoms. The van der Waals surface area contributed by atoms with Crippen molar-refractivity contribution in [3.8, 4) is 0 Å². The van der Waals surface area contributed by atoms with E-state index in [0.29, 0.717) is 19.0 Å². The fourth-order valence-electron chi connectivity index (χ4n) is 9.28. The first-order chi connectivity index (χ1) is 24.8. The van der Waals surface area contributed by atoms with E-state index in [1.165, 1.54) is 49.7 Å². The Bertz CT molecular complexity index is 2190. The summed E-state index contributed by atoms with van der Waals surface area (Å²) in [6.45, 7) is 14.4. The van der Waals surface area contributed by atoms with E-state index >= 15 is 0 Å². The van der Waals surface area contributed by atoms with Gasteiger partial charge in [-0.15, -0.1) is 0 Å². The van der Waals surface area contributed by atoms with Crippen LogP contribution in [0.25, 0.3) is 16.8 Å². The zero-order valence-corrected chi connectivity index (χ0v) is 31.4. The molecule has 0 saturated carbocycles. The van der Waals surface area contributed by atoms with Gasteiger partial charge in [0.25, 0.3) is 0 Å². The highest BCUT2D eigenvalue weighted by atomic mass is 16.4. The minimum atomic E-state index is -0.800. The SMILES string of the molecule is CC1=C(C=CC2=[N+](CCC(=O)O)c3ccc4ccccc4c3C2(C)C)CCCC1=CC=C1N(CCC(=O)O)c2ccc3c(c2C1(C)C)C=CCC3C. The summed E-state index contributed by atoms with van der Waals surface area (Å²) in [6, 6.07) is 17.2. The largest absolute Gasteiger partial charge is 0.481 e. The highest BCUT2D eigenvalue weighted by Gasteiger charge is 2.46. The van der Waals surface area contributed by atoms with Crippen LogP contribution in [0.1, 0.15) is 108 Å². The van der Waals surface area contributed by atoms with E-state index < -0.39 is 11.9 Å². The number of rotatable bonds is 9. The normalized spacial score (nSPS) is 21.8. The molecular formula is C46H51N2O4+. The second kappa shape index (κ2) is 13.5. The Morgan fingerprint density at radius 2 is 1.67 bits per heavy atom. The number of carboxylic acid groups (broad SMARTS) is 2. The summed E-state index contributed by atoms with van der Waals surface area (Å²) in [5.74, 6) is -1.14. The Morgan fingerprint density at radius 1 is 0.904 bits per heavy atom. The molecule has 6 nitrogen and oxygen atoms in total. The minimum Gasteiger partial charge on any atom is -0.481 e. The molecule has 268 valence electrons. The lowest BCUT2D eigenvalue weighted by Crippen LogP contribution is -2.28. The van der Waals surface area contributed by atoms with Crippen LogP contribution in [0.15, 0.2) is 101 Å². The Balaban J connectivity index is 1.26. The lowest BCUT2D eigenvalue weighted by atomic mass is 9.76. The van der Waals surface area contributed by atoms with Crippen molar-refractivity contribution in [3.05, 3.63) is 124 Å². The van der Waals surface area contributed by atoms with E-state index in [4.69, 9.17) is 0 Å². The maximum Gasteiger partial charge on any atom is 0.309 e. The van der Waals surface area contributed by atoms with Gasteiger partial charge in [-0.25, -0.2) is 0 Å². The Morgan fingerprint density at radius 3 is 2.44 bits per heavy atom. The molecule has 1 atom stereocenters. The molecule has 2 N–H and O–H groups in total. The summed E-state index contributed by atoms with van der Waals surface area (Å²) >= 11 is 0. The number of hydrogen-bond donors (Lipinski definition) is 2. The second-order valence-electron chi connectivity index (χ2n) is 16.0. The zero-order valence-electron chi connectivity index (χ0n) is 31.4. The Hall–Kier alpha value is -4.97. The molecular weight excluding hydrogens is 645 g/mol. The van der Waals surface area contributed by atoms with E-state index in [1.54, 1.807) is 0 Å². The van der Waals surface area contributed by atoms with Gasteiger partial charge in [0.1, 0.15) is 6.42 Å². The van der Waals surface area contributed by atoms with Crippen molar-refractivity contribution in [1.82, 2.24) is 0 Å². The molecule has 4 aliphatic rings. The van der Waals surface area contributed by atoms with Crippen LogP contribution in [0.3, 0.4) is 0 Å². The summed E-state index contributed by atoms with van der Waals surface area (Å²) in [5, 5.41) is 21.7. The topological polar surface area (TPSA) is 80.9 Å². The zero-order chi connectivity index (χ0) is 36.9. The van der Waals surface area contributed by atoms with E-state index in [1.807, 2.05) is 0 Å². The van der Waals surface area contributed by atoms with Crippen molar-refractivity contribution in [1.29, 1.82) is 0 Å². The van der Waals surface area contributed by atoms with Gasteiger partial charge in [0.2, 0.25) is 5.69 Å². The minimum absolute atomic E-state index is 0.0603. The number of nitrogens with zero attached hydrogens (tertiary/aromatic N) is 2. The molecule has 1 unspecified atom stereocenters. The molecule has 0 bridgehead atoms. The van der Waals surface area contributed by atoms with E-state index in [2.05, 4.69) is 136 Å². The van der Waals surface area contributed by atoms with Gasteiger partial charge in [0, 0.05) is 41.1 Å². The van der Waals surface area contributed by atoms with Crippen molar-refractivity contribution >= 4 is 45.9 Å². The number of aliphatic carboxylic acids is 2. The van der Waals surface area contributed by atoms with Crippen molar-refractivity contribution in [2.24, 2.45) is 0 Å². The fourth-order valence-corrected chi connectivity index (χ4v) is 9.28. The van der Waals surface area contributed by atoms with E-state index in [-0.39, 0.29) is 23.7 Å². The van der Waals surface area contributed by atoms with Crippen LogP contribution in [0.4, 0.5) is 11.4 Å². The van der Waals surface area contributed by atoms with Crippen LogP contribution in [-0.4, -0.2) is 45.5 Å². The van der Waals surface area contributed by atoms with Crippen LogP contribution in [0.5, 0.6) is 0 Å². The van der Waals surface area contributed by atoms with Gasteiger partial charge in [-0.3, -0.25) is 9.59 Å². The summed E-state index contributed by atoms with van der Waals surface area (Å²) in [7, 11) is 0. The Kier molecular flexibility index (Phi) is 9.23. The number of anilines is 1. The average molecular weight is 696 g/mol. The molecule has 0 saturated heterocycles. The quantitative estimate of drug-likeness (QED) is 0.218. The van der Waals surface area contributed by atoms with Gasteiger partial charge in [-0.2, -0.15) is 4.58 Å². The van der Waals surface area contributed by atoms with Crippen LogP contribution >= 0.6 is 0 Å². The third-order valence-corrected chi connectivity index (χ3v) is 12.0. The first kappa shape index (κ1) is 35.4. The van der Waals surface area contributed by atoms with Crippen LogP contribution in [0, 0.1) is 0 Å². The standard InChI is InChI=1S/C46H50N2O4/c1-29-11-9-16-36-34(29)20-22-38-44(36)46(5,6)40(48(38)28-26-42(51)52)24-19-32-14-10-13-31(30(32)2)18-23-39-45(3,4)43-35-15-8-7-12-33(35)17-21-37(43)47(39)27-25-41(49)50/h7-9,12,15-24,29H,10-11,13-14,25-28H2,1-6H3,(H-,49,50,51,52)/p+1. The van der Waals surface area contributed by atoms with Crippen molar-refractivity contribution < 1.29 is 24.4 Å². The molecule has 2 heterocycles. The summed E-state index contributed by atoms with van der Waals surface area (Å²) in [5.41, 5.74) is 12.9. The smallest absolute Gasteiger partial charge is 0.309 e. The number of fused-ring (bicyclic) bond motifs is 6. The van der Waals surface area contributed by atoms with Crippen LogP contribution in [-0.2, 0) is 20.4 Å². The summed E-state index contributed by atoms with van der Waals surface area (Å²) < 4.78 is 2.21. The molecule has 0 radical (unpaired) electrons. The molecule has 52 heavy (non-hydrogen) atoms. The third kappa shape index (κ3) is 6.06. The predicted octanol–water partition coefficient (Wildman–Crippen LogP) is 10.4. The van der Waals surface area contributed by atoms with Crippen LogP contribution < -0.4 is 4.90 Å². The lowest BCUT2D eigenvalue weighted by molar-refractivity contribution is -0.436. The summed E-state index contributed by atoms with van der Waals surface area (Å²) in [6.07, 6.45) is 17.7. The van der Waals surface area contributed by atoms with Crippen molar-refractivity contribution in [3.63, 3.8) is 0 Å². The molecule has 0 aromatic heterocycles. The summed E-state index contributed by atoms with van der Waals surface area (Å²) in [4.78, 5) is 25.8. The van der Waals surface area contributed by atoms with Gasteiger partial charge < -0.3 is 15.1 Å². The molecule has 6 heteroatoms. The highest BCUT2D eigenvalue weighted by molar-refractivity contribution is 6.07. The second-order valence-corrected chi connectivity index (χ2v) is 16.0. The first-order valence-corrected chi connectivity index (χ1v) is 18.8. The van der Waals surface area contributed by atoms with Gasteiger partial charge in [0.05, 0.1) is 11.8 Å². The van der Waals surface area contributed by atoms with E-state index in [9.17, 15) is 19.8 Å². The number of allylic oxidation sites excluding steroid dienone is 9. The Labute approximate surface area is 307 Å². The maximum atomic E-state index is 11.8. The van der Waals surface area contributed by atoms with Gasteiger partial charge >= 0.3 is 11.9 Å². The monoisotopic (exact) mass is 695 g/mol. The molecule has 3 aromatic carbocycles. The average Bonchev–Trinajstić information content (AvgIpc) is 3.47. The number of benzene rings is 3. The van der Waals surface area contributed by atoms with Crippen molar-refractivity contribution in [2.45, 2.75) is 96.8 Å². The van der Waals surface area contributed by atoms with Gasteiger partial charge in [-0.1, -0.05) is 75.4 Å². The predicted molar refractivity (Wildman–Crippen MR) is 212 cm³/mol. The molecule has 2 aliphatic heterocycles. The molecule has 0 amide bonds. The molecule has 7 rings (SSSR count). The number of carboxylic acids is 2. The molecule has 2 aliphatic carbocycles. The first-order valence-electron chi connectivity index (χ1n) is 18.8. The fraction of sp³-hybridized carbons (Fsp3) is 0.370.